The van der Waals surface area contributed by atoms with Gasteiger partial charge >= 0.3 is 0 Å². The van der Waals surface area contributed by atoms with Crippen LogP contribution in [-0.2, 0) is 0 Å². The summed E-state index contributed by atoms with van der Waals surface area (Å²) >= 11 is 10.2. The molecule has 0 saturated carbocycles. The van der Waals surface area contributed by atoms with Crippen LogP contribution in [0.5, 0.6) is 0 Å². The molecule has 2 nitrogen and oxygen atoms in total. The molecule has 0 fully saturated rings. The molecule has 98 valence electrons. The van der Waals surface area contributed by atoms with Gasteiger partial charge in [0.15, 0.2) is 5.17 Å². The zero-order chi connectivity index (χ0) is 13.1. The molecular formula is C13H16ClIN2S. The second-order valence-electron chi connectivity index (χ2n) is 4.63. The number of hydrogen-bond acceptors (Lipinski definition) is 3. The second kappa shape index (κ2) is 6.48. The Labute approximate surface area is 131 Å². The van der Waals surface area contributed by atoms with Gasteiger partial charge in [0, 0.05) is 9.32 Å². The standard InChI is InChI=1S/C13H16ClIN2S/c1-8(2)11-5-6-18-13(16-11)17-12-4-3-9(15)7-10(12)14/h3-4,7-8,11H,5-6H2,1-2H3,(H,16,17). The summed E-state index contributed by atoms with van der Waals surface area (Å²) in [5, 5.41) is 5.07. The molecule has 1 heterocycles. The molecule has 1 aliphatic rings. The van der Waals surface area contributed by atoms with Gasteiger partial charge in [-0.1, -0.05) is 37.2 Å². The third-order valence-electron chi connectivity index (χ3n) is 2.88. The van der Waals surface area contributed by atoms with Crippen molar-refractivity contribution in [2.75, 3.05) is 11.1 Å². The summed E-state index contributed by atoms with van der Waals surface area (Å²) in [6.45, 7) is 4.44. The van der Waals surface area contributed by atoms with Crippen molar-refractivity contribution >= 4 is 56.8 Å². The molecule has 0 aliphatic carbocycles. The highest BCUT2D eigenvalue weighted by atomic mass is 127. The minimum absolute atomic E-state index is 0.427. The Morgan fingerprint density at radius 1 is 1.50 bits per heavy atom. The molecule has 0 aromatic heterocycles. The summed E-state index contributed by atoms with van der Waals surface area (Å²) in [4.78, 5) is 4.75. The van der Waals surface area contributed by atoms with Crippen LogP contribution in [0.4, 0.5) is 5.69 Å². The number of aliphatic imine (C=N–C) groups is 1. The van der Waals surface area contributed by atoms with E-state index < -0.39 is 0 Å². The Morgan fingerprint density at radius 2 is 2.28 bits per heavy atom. The van der Waals surface area contributed by atoms with Gasteiger partial charge in [0.2, 0.25) is 0 Å². The molecule has 1 unspecified atom stereocenters. The van der Waals surface area contributed by atoms with Gasteiger partial charge in [-0.25, -0.2) is 0 Å². The second-order valence-corrected chi connectivity index (χ2v) is 7.37. The van der Waals surface area contributed by atoms with Crippen LogP contribution in [0.3, 0.4) is 0 Å². The fraction of sp³-hybridized carbons (Fsp3) is 0.462. The highest BCUT2D eigenvalue weighted by Gasteiger charge is 2.19. The average Bonchev–Trinajstić information content (AvgIpc) is 2.33. The monoisotopic (exact) mass is 394 g/mol. The van der Waals surface area contributed by atoms with E-state index in [4.69, 9.17) is 16.6 Å². The first kappa shape index (κ1) is 14.5. The Bertz CT molecular complexity index is 462. The van der Waals surface area contributed by atoms with Crippen LogP contribution in [0.2, 0.25) is 5.02 Å². The number of nitrogens with one attached hydrogen (secondary N) is 1. The number of rotatable bonds is 2. The van der Waals surface area contributed by atoms with Crippen LogP contribution in [0.15, 0.2) is 23.2 Å². The maximum absolute atomic E-state index is 6.22. The van der Waals surface area contributed by atoms with Crippen molar-refractivity contribution in [3.05, 3.63) is 26.8 Å². The van der Waals surface area contributed by atoms with Crippen molar-refractivity contribution in [1.29, 1.82) is 0 Å². The maximum atomic E-state index is 6.22. The van der Waals surface area contributed by atoms with Crippen molar-refractivity contribution in [3.63, 3.8) is 0 Å². The van der Waals surface area contributed by atoms with Gasteiger partial charge in [-0.2, -0.15) is 0 Å². The maximum Gasteiger partial charge on any atom is 0.161 e. The fourth-order valence-corrected chi connectivity index (χ4v) is 3.63. The van der Waals surface area contributed by atoms with E-state index in [0.717, 1.165) is 31.6 Å². The number of nitrogens with zero attached hydrogens (tertiary/aromatic N) is 1. The van der Waals surface area contributed by atoms with Crippen LogP contribution >= 0.6 is 46.0 Å². The lowest BCUT2D eigenvalue weighted by Gasteiger charge is -2.23. The van der Waals surface area contributed by atoms with E-state index in [9.17, 15) is 0 Å². The Morgan fingerprint density at radius 3 is 2.94 bits per heavy atom. The number of amidine groups is 1. The van der Waals surface area contributed by atoms with Crippen LogP contribution in [0, 0.1) is 9.49 Å². The average molecular weight is 395 g/mol. The molecule has 1 N–H and O–H groups in total. The summed E-state index contributed by atoms with van der Waals surface area (Å²) in [6, 6.07) is 6.43. The lowest BCUT2D eigenvalue weighted by Crippen LogP contribution is -2.23. The zero-order valence-corrected chi connectivity index (χ0v) is 14.1. The first-order chi connectivity index (χ1) is 8.56. The summed E-state index contributed by atoms with van der Waals surface area (Å²) < 4.78 is 1.14. The topological polar surface area (TPSA) is 24.4 Å². The quantitative estimate of drug-likeness (QED) is 0.723. The van der Waals surface area contributed by atoms with Crippen molar-refractivity contribution < 1.29 is 0 Å². The lowest BCUT2D eigenvalue weighted by atomic mass is 10.0. The Hall–Kier alpha value is 0.0600. The van der Waals surface area contributed by atoms with Gasteiger partial charge < -0.3 is 5.32 Å². The van der Waals surface area contributed by atoms with Gasteiger partial charge in [-0.3, -0.25) is 4.99 Å². The van der Waals surface area contributed by atoms with Crippen molar-refractivity contribution in [2.24, 2.45) is 10.9 Å². The zero-order valence-electron chi connectivity index (χ0n) is 10.4. The molecule has 1 aliphatic heterocycles. The molecule has 5 heteroatoms. The molecule has 1 aromatic carbocycles. The van der Waals surface area contributed by atoms with Crippen molar-refractivity contribution in [2.45, 2.75) is 26.3 Å². The van der Waals surface area contributed by atoms with E-state index in [0.29, 0.717) is 12.0 Å². The van der Waals surface area contributed by atoms with Gasteiger partial charge in [0.1, 0.15) is 0 Å². The molecule has 0 radical (unpaired) electrons. The molecule has 1 atom stereocenters. The Balaban J connectivity index is 2.13. The smallest absolute Gasteiger partial charge is 0.161 e. The molecule has 0 saturated heterocycles. The third kappa shape index (κ3) is 3.78. The van der Waals surface area contributed by atoms with E-state index in [-0.39, 0.29) is 0 Å². The fourth-order valence-electron chi connectivity index (χ4n) is 1.79. The number of anilines is 1. The van der Waals surface area contributed by atoms with Gasteiger partial charge in [-0.05, 0) is 53.1 Å². The van der Waals surface area contributed by atoms with Gasteiger partial charge in [-0.15, -0.1) is 0 Å². The number of hydrogen-bond donors (Lipinski definition) is 1. The molecule has 0 amide bonds. The molecule has 1 aromatic rings. The number of halogens is 2. The third-order valence-corrected chi connectivity index (χ3v) is 4.78. The highest BCUT2D eigenvalue weighted by molar-refractivity contribution is 14.1. The summed E-state index contributed by atoms with van der Waals surface area (Å²) in [5.74, 6) is 1.71. The predicted molar refractivity (Wildman–Crippen MR) is 90.9 cm³/mol. The summed E-state index contributed by atoms with van der Waals surface area (Å²) in [5.41, 5.74) is 0.938. The SMILES string of the molecule is CC(C)C1CCSC(Nc2ccc(I)cc2Cl)=N1. The van der Waals surface area contributed by atoms with E-state index >= 15 is 0 Å². The first-order valence-electron chi connectivity index (χ1n) is 5.99. The molecular weight excluding hydrogens is 379 g/mol. The van der Waals surface area contributed by atoms with Crippen molar-refractivity contribution in [1.82, 2.24) is 0 Å². The molecule has 18 heavy (non-hydrogen) atoms. The lowest BCUT2D eigenvalue weighted by molar-refractivity contribution is 0.485. The van der Waals surface area contributed by atoms with Crippen LogP contribution in [0.25, 0.3) is 0 Å². The number of thioether (sulfide) groups is 1. The molecule has 0 bridgehead atoms. The largest absolute Gasteiger partial charge is 0.334 e. The van der Waals surface area contributed by atoms with Crippen molar-refractivity contribution in [3.8, 4) is 0 Å². The first-order valence-corrected chi connectivity index (χ1v) is 8.43. The molecule has 2 rings (SSSR count). The van der Waals surface area contributed by atoms with Gasteiger partial charge in [0.25, 0.3) is 0 Å². The summed E-state index contributed by atoms with van der Waals surface area (Å²) in [7, 11) is 0. The normalized spacial score (nSPS) is 19.8. The molecule has 0 spiro atoms. The Kier molecular flexibility index (Phi) is 5.21. The van der Waals surface area contributed by atoms with Crippen LogP contribution in [0.1, 0.15) is 20.3 Å². The van der Waals surface area contributed by atoms with Gasteiger partial charge in [0.05, 0.1) is 16.8 Å². The summed E-state index contributed by atoms with van der Waals surface area (Å²) in [6.07, 6.45) is 1.16. The van der Waals surface area contributed by atoms with E-state index in [2.05, 4.69) is 41.8 Å². The van der Waals surface area contributed by atoms with E-state index in [1.54, 1.807) is 11.8 Å². The predicted octanol–water partition coefficient (Wildman–Crippen LogP) is 4.87. The highest BCUT2D eigenvalue weighted by Crippen LogP contribution is 2.28. The minimum atomic E-state index is 0.427. The van der Waals surface area contributed by atoms with E-state index in [1.807, 2.05) is 18.2 Å². The van der Waals surface area contributed by atoms with Crippen LogP contribution < -0.4 is 5.32 Å². The number of benzene rings is 1. The van der Waals surface area contributed by atoms with Crippen LogP contribution in [-0.4, -0.2) is 17.0 Å². The minimum Gasteiger partial charge on any atom is -0.334 e. The van der Waals surface area contributed by atoms with E-state index in [1.165, 1.54) is 0 Å².